The van der Waals surface area contributed by atoms with E-state index in [1.165, 1.54) is 21.5 Å². The predicted molar refractivity (Wildman–Crippen MR) is 65.9 cm³/mol. The van der Waals surface area contributed by atoms with Crippen molar-refractivity contribution in [3.8, 4) is 0 Å². The van der Waals surface area contributed by atoms with E-state index in [4.69, 9.17) is 0 Å². The number of rotatable bonds is 0. The molecule has 3 aromatic rings. The lowest BCUT2D eigenvalue weighted by Gasteiger charge is -2.04. The van der Waals surface area contributed by atoms with Crippen LogP contribution in [-0.2, 0) is 0 Å². The molecule has 1 radical (unpaired) electrons. The Labute approximate surface area is 89.2 Å². The van der Waals surface area contributed by atoms with Gasteiger partial charge in [0, 0.05) is 0 Å². The number of benzene rings is 3. The van der Waals surface area contributed by atoms with Crippen molar-refractivity contribution in [2.75, 3.05) is 0 Å². The highest BCUT2D eigenvalue weighted by molar-refractivity contribution is 6.07. The fraction of sp³-hybridized carbons (Fsp3) is 0. The predicted octanol–water partition coefficient (Wildman–Crippen LogP) is 4.18. The summed E-state index contributed by atoms with van der Waals surface area (Å²) in [6, 6.07) is 19.1. The van der Waals surface area contributed by atoms with E-state index >= 15 is 0 Å². The van der Waals surface area contributed by atoms with Crippen molar-refractivity contribution in [2.24, 2.45) is 0 Å². The Balaban J connectivity index is 2.57. The lowest BCUT2D eigenvalue weighted by atomic mass is 10.0. The van der Waals surface area contributed by atoms with Gasteiger partial charge in [-0.25, -0.2) is 0 Å². The van der Waals surface area contributed by atoms with Gasteiger partial charge in [0.25, 0.3) is 0 Å². The first-order chi connectivity index (χ1) is 7.34. The molecule has 3 rings (SSSR count). The van der Waals surface area contributed by atoms with Crippen LogP contribution in [0.3, 0.4) is 0 Å². The maximum Gasteiger partial charge on any atom is -0.0103 e. The molecular formula is C15H11. The third kappa shape index (κ3) is 1.30. The van der Waals surface area contributed by atoms with Gasteiger partial charge in [0.1, 0.15) is 0 Å². The van der Waals surface area contributed by atoms with Crippen molar-refractivity contribution in [2.45, 2.75) is 0 Å². The summed E-state index contributed by atoms with van der Waals surface area (Å²) in [5.74, 6) is 0. The Hall–Kier alpha value is -1.82. The molecule has 3 aromatic carbocycles. The minimum atomic E-state index is 1.07. The van der Waals surface area contributed by atoms with Gasteiger partial charge in [-0.1, -0.05) is 54.6 Å². The second-order valence-corrected chi connectivity index (χ2v) is 3.84. The highest BCUT2D eigenvalue weighted by Gasteiger charge is 1.99. The molecule has 0 heterocycles. The van der Waals surface area contributed by atoms with Crippen molar-refractivity contribution in [3.63, 3.8) is 0 Å². The molecule has 0 aliphatic rings. The van der Waals surface area contributed by atoms with Crippen LogP contribution >= 0.6 is 0 Å². The summed E-state index contributed by atoms with van der Waals surface area (Å²) >= 11 is 0. The first-order valence-electron chi connectivity index (χ1n) is 5.08. The van der Waals surface area contributed by atoms with Crippen LogP contribution in [0.2, 0.25) is 0 Å². The van der Waals surface area contributed by atoms with Crippen LogP contribution in [0.4, 0.5) is 0 Å². The van der Waals surface area contributed by atoms with Crippen molar-refractivity contribution < 1.29 is 0 Å². The third-order valence-electron chi connectivity index (χ3n) is 2.81. The molecule has 0 fully saturated rings. The highest BCUT2D eigenvalue weighted by atomic mass is 14.0. The Morgan fingerprint density at radius 1 is 0.667 bits per heavy atom. The van der Waals surface area contributed by atoms with Crippen LogP contribution in [0, 0.1) is 6.92 Å². The van der Waals surface area contributed by atoms with Crippen LogP contribution < -0.4 is 0 Å². The summed E-state index contributed by atoms with van der Waals surface area (Å²) in [5, 5.41) is 5.16. The highest BCUT2D eigenvalue weighted by Crippen LogP contribution is 2.25. The molecule has 71 valence electrons. The van der Waals surface area contributed by atoms with Gasteiger partial charge in [-0.3, -0.25) is 0 Å². The van der Waals surface area contributed by atoms with Crippen molar-refractivity contribution in [1.82, 2.24) is 0 Å². The fourth-order valence-corrected chi connectivity index (χ4v) is 2.05. The van der Waals surface area contributed by atoms with E-state index in [1.54, 1.807) is 0 Å². The van der Waals surface area contributed by atoms with E-state index in [0.717, 1.165) is 5.56 Å². The first-order valence-corrected chi connectivity index (χ1v) is 5.08. The number of hydrogen-bond acceptors (Lipinski definition) is 0. The molecule has 15 heavy (non-hydrogen) atoms. The summed E-state index contributed by atoms with van der Waals surface area (Å²) in [4.78, 5) is 0. The second kappa shape index (κ2) is 3.09. The van der Waals surface area contributed by atoms with E-state index in [0.29, 0.717) is 0 Å². The molecule has 0 saturated heterocycles. The van der Waals surface area contributed by atoms with Crippen LogP contribution in [0.1, 0.15) is 5.56 Å². The molecule has 0 unspecified atom stereocenters. The second-order valence-electron chi connectivity index (χ2n) is 3.84. The SMILES string of the molecule is [CH2]c1ccc2ccc3ccccc3c2c1. The Morgan fingerprint density at radius 2 is 1.33 bits per heavy atom. The van der Waals surface area contributed by atoms with Gasteiger partial charge in [0.15, 0.2) is 0 Å². The summed E-state index contributed by atoms with van der Waals surface area (Å²) in [6.45, 7) is 3.98. The van der Waals surface area contributed by atoms with E-state index < -0.39 is 0 Å². The monoisotopic (exact) mass is 191 g/mol. The summed E-state index contributed by atoms with van der Waals surface area (Å²) < 4.78 is 0. The molecule has 0 aliphatic carbocycles. The minimum Gasteiger partial charge on any atom is -0.0616 e. The van der Waals surface area contributed by atoms with Crippen LogP contribution in [-0.4, -0.2) is 0 Å². The summed E-state index contributed by atoms with van der Waals surface area (Å²) in [7, 11) is 0. The van der Waals surface area contributed by atoms with E-state index in [1.807, 2.05) is 0 Å². The molecule has 0 bridgehead atoms. The third-order valence-corrected chi connectivity index (χ3v) is 2.81. The normalized spacial score (nSPS) is 11.0. The molecule has 0 spiro atoms. The van der Waals surface area contributed by atoms with Crippen molar-refractivity contribution in [3.05, 3.63) is 67.1 Å². The first kappa shape index (κ1) is 8.49. The fourth-order valence-electron chi connectivity index (χ4n) is 2.05. The van der Waals surface area contributed by atoms with E-state index in [-0.39, 0.29) is 0 Å². The number of hydrogen-bond donors (Lipinski definition) is 0. The molecule has 0 saturated carbocycles. The van der Waals surface area contributed by atoms with Crippen LogP contribution in [0.5, 0.6) is 0 Å². The molecule has 0 aliphatic heterocycles. The topological polar surface area (TPSA) is 0 Å². The van der Waals surface area contributed by atoms with Crippen molar-refractivity contribution in [1.29, 1.82) is 0 Å². The Kier molecular flexibility index (Phi) is 1.75. The van der Waals surface area contributed by atoms with Crippen LogP contribution in [0.25, 0.3) is 21.5 Å². The van der Waals surface area contributed by atoms with Gasteiger partial charge in [-0.2, -0.15) is 0 Å². The standard InChI is InChI=1S/C15H11/c1-11-6-7-13-9-8-12-4-2-3-5-14(12)15(13)10-11/h2-10H,1H2. The summed E-state index contributed by atoms with van der Waals surface area (Å²) in [6.07, 6.45) is 0. The van der Waals surface area contributed by atoms with Crippen molar-refractivity contribution >= 4 is 21.5 Å². The lowest BCUT2D eigenvalue weighted by Crippen LogP contribution is -1.78. The molecular weight excluding hydrogens is 180 g/mol. The molecule has 0 aromatic heterocycles. The Morgan fingerprint density at radius 3 is 2.20 bits per heavy atom. The van der Waals surface area contributed by atoms with E-state index in [2.05, 4.69) is 61.5 Å². The number of fused-ring (bicyclic) bond motifs is 3. The van der Waals surface area contributed by atoms with Crippen LogP contribution in [0.15, 0.2) is 54.6 Å². The molecule has 0 N–H and O–H groups in total. The maximum atomic E-state index is 3.98. The minimum absolute atomic E-state index is 1.07. The Bertz CT molecular complexity index is 636. The molecule has 0 atom stereocenters. The zero-order valence-electron chi connectivity index (χ0n) is 8.40. The van der Waals surface area contributed by atoms with Gasteiger partial charge in [0.05, 0.1) is 0 Å². The van der Waals surface area contributed by atoms with Gasteiger partial charge in [-0.15, -0.1) is 0 Å². The quantitative estimate of drug-likeness (QED) is 0.468. The largest absolute Gasteiger partial charge is 0.0616 e. The lowest BCUT2D eigenvalue weighted by molar-refractivity contribution is 1.68. The molecule has 0 nitrogen and oxygen atoms in total. The van der Waals surface area contributed by atoms with Gasteiger partial charge < -0.3 is 0 Å². The van der Waals surface area contributed by atoms with E-state index in [9.17, 15) is 0 Å². The van der Waals surface area contributed by atoms with Gasteiger partial charge in [-0.05, 0) is 34.0 Å². The summed E-state index contributed by atoms with van der Waals surface area (Å²) in [5.41, 5.74) is 1.07. The van der Waals surface area contributed by atoms with Gasteiger partial charge in [0.2, 0.25) is 0 Å². The zero-order valence-corrected chi connectivity index (χ0v) is 8.40. The molecule has 0 heteroatoms. The smallest absolute Gasteiger partial charge is 0.0103 e. The van der Waals surface area contributed by atoms with Gasteiger partial charge >= 0.3 is 0 Å². The average molecular weight is 191 g/mol. The maximum absolute atomic E-state index is 3.98. The molecule has 0 amide bonds. The average Bonchev–Trinajstić information content (AvgIpc) is 2.29. The zero-order chi connectivity index (χ0) is 10.3.